The van der Waals surface area contributed by atoms with Crippen molar-refractivity contribution in [3.63, 3.8) is 0 Å². The monoisotopic (exact) mass is 219 g/mol. The molecule has 0 bridgehead atoms. The molecule has 0 amide bonds. The van der Waals surface area contributed by atoms with Crippen LogP contribution in [0.15, 0.2) is 24.3 Å². The minimum absolute atomic E-state index is 0.430. The van der Waals surface area contributed by atoms with Gasteiger partial charge in [0, 0.05) is 19.7 Å². The Labute approximate surface area is 98.0 Å². The molecule has 88 valence electrons. The highest BCUT2D eigenvalue weighted by atomic mass is 16.5. The van der Waals surface area contributed by atoms with Crippen molar-refractivity contribution in [1.29, 1.82) is 0 Å². The quantitative estimate of drug-likeness (QED) is 0.840. The summed E-state index contributed by atoms with van der Waals surface area (Å²) in [5.41, 5.74) is 2.67. The van der Waals surface area contributed by atoms with E-state index in [2.05, 4.69) is 36.5 Å². The molecule has 1 heterocycles. The van der Waals surface area contributed by atoms with Gasteiger partial charge in [0.15, 0.2) is 0 Å². The zero-order valence-corrected chi connectivity index (χ0v) is 10.0. The van der Waals surface area contributed by atoms with Gasteiger partial charge in [-0.2, -0.15) is 0 Å². The maximum absolute atomic E-state index is 5.67. The number of nitrogens with one attached hydrogen (secondary N) is 1. The Morgan fingerprint density at radius 1 is 1.25 bits per heavy atom. The lowest BCUT2D eigenvalue weighted by molar-refractivity contribution is 0.0168. The summed E-state index contributed by atoms with van der Waals surface area (Å²) in [6.45, 7) is 4.98. The summed E-state index contributed by atoms with van der Waals surface area (Å²) >= 11 is 0. The van der Waals surface area contributed by atoms with Gasteiger partial charge < -0.3 is 10.1 Å². The van der Waals surface area contributed by atoms with Crippen LogP contribution in [0.2, 0.25) is 0 Å². The van der Waals surface area contributed by atoms with E-state index < -0.39 is 0 Å². The van der Waals surface area contributed by atoms with Gasteiger partial charge in [0.1, 0.15) is 0 Å². The van der Waals surface area contributed by atoms with Gasteiger partial charge in [0.25, 0.3) is 0 Å². The summed E-state index contributed by atoms with van der Waals surface area (Å²) < 4.78 is 5.67. The lowest BCUT2D eigenvalue weighted by Crippen LogP contribution is -2.31. The average Bonchev–Trinajstić information content (AvgIpc) is 2.33. The van der Waals surface area contributed by atoms with Crippen molar-refractivity contribution >= 4 is 0 Å². The Balaban J connectivity index is 1.69. The summed E-state index contributed by atoms with van der Waals surface area (Å²) in [6.07, 6.45) is 4.19. The van der Waals surface area contributed by atoms with Crippen molar-refractivity contribution in [2.45, 2.75) is 38.8 Å². The molecule has 1 aromatic carbocycles. The fourth-order valence-electron chi connectivity index (χ4n) is 2.05. The van der Waals surface area contributed by atoms with Crippen LogP contribution in [-0.4, -0.2) is 19.3 Å². The summed E-state index contributed by atoms with van der Waals surface area (Å²) in [6, 6.07) is 8.69. The molecule has 1 unspecified atom stereocenters. The molecule has 2 nitrogen and oxygen atoms in total. The van der Waals surface area contributed by atoms with Gasteiger partial charge in [-0.15, -0.1) is 0 Å². The number of aryl methyl sites for hydroxylation is 1. The van der Waals surface area contributed by atoms with Gasteiger partial charge in [-0.1, -0.05) is 29.8 Å². The van der Waals surface area contributed by atoms with Crippen molar-refractivity contribution in [1.82, 2.24) is 5.32 Å². The fourth-order valence-corrected chi connectivity index (χ4v) is 2.05. The van der Waals surface area contributed by atoms with E-state index in [-0.39, 0.29) is 0 Å². The van der Waals surface area contributed by atoms with Crippen molar-refractivity contribution < 1.29 is 4.74 Å². The predicted molar refractivity (Wildman–Crippen MR) is 66.5 cm³/mol. The van der Waals surface area contributed by atoms with Gasteiger partial charge in [0.05, 0.1) is 6.10 Å². The fraction of sp³-hybridized carbons (Fsp3) is 0.571. The molecule has 16 heavy (non-hydrogen) atoms. The first-order valence-electron chi connectivity index (χ1n) is 6.22. The van der Waals surface area contributed by atoms with E-state index in [0.717, 1.165) is 19.7 Å². The standard InChI is InChI=1S/C14H21NO/c1-12-5-7-13(8-6-12)10-15-11-14-4-2-3-9-16-14/h5-8,14-15H,2-4,9-11H2,1H3. The van der Waals surface area contributed by atoms with Crippen LogP contribution >= 0.6 is 0 Å². The summed E-state index contributed by atoms with van der Waals surface area (Å²) in [5, 5.41) is 3.47. The van der Waals surface area contributed by atoms with Crippen molar-refractivity contribution in [2.24, 2.45) is 0 Å². The first-order chi connectivity index (χ1) is 7.84. The molecule has 0 radical (unpaired) electrons. The second kappa shape index (κ2) is 6.02. The molecule has 1 fully saturated rings. The Morgan fingerprint density at radius 3 is 2.75 bits per heavy atom. The normalized spacial score (nSPS) is 20.9. The largest absolute Gasteiger partial charge is 0.377 e. The third-order valence-corrected chi connectivity index (χ3v) is 3.10. The highest BCUT2D eigenvalue weighted by Gasteiger charge is 2.12. The minimum Gasteiger partial charge on any atom is -0.377 e. The average molecular weight is 219 g/mol. The van der Waals surface area contributed by atoms with E-state index in [0.29, 0.717) is 6.10 Å². The highest BCUT2D eigenvalue weighted by Crippen LogP contribution is 2.11. The number of hydrogen-bond donors (Lipinski definition) is 1. The topological polar surface area (TPSA) is 21.3 Å². The molecule has 1 atom stereocenters. The van der Waals surface area contributed by atoms with E-state index in [1.54, 1.807) is 0 Å². The van der Waals surface area contributed by atoms with Gasteiger partial charge in [-0.25, -0.2) is 0 Å². The van der Waals surface area contributed by atoms with E-state index in [4.69, 9.17) is 4.74 Å². The van der Waals surface area contributed by atoms with Crippen LogP contribution in [0.1, 0.15) is 30.4 Å². The van der Waals surface area contributed by atoms with Crippen molar-refractivity contribution in [2.75, 3.05) is 13.2 Å². The smallest absolute Gasteiger partial charge is 0.0699 e. The van der Waals surface area contributed by atoms with Crippen LogP contribution in [0.25, 0.3) is 0 Å². The Hall–Kier alpha value is -0.860. The minimum atomic E-state index is 0.430. The molecular formula is C14H21NO. The van der Waals surface area contributed by atoms with Crippen molar-refractivity contribution in [3.05, 3.63) is 35.4 Å². The highest BCUT2D eigenvalue weighted by molar-refractivity contribution is 5.21. The predicted octanol–water partition coefficient (Wildman–Crippen LogP) is 2.65. The number of ether oxygens (including phenoxy) is 1. The summed E-state index contributed by atoms with van der Waals surface area (Å²) in [4.78, 5) is 0. The Bertz CT molecular complexity index is 301. The zero-order chi connectivity index (χ0) is 11.2. The number of hydrogen-bond acceptors (Lipinski definition) is 2. The molecule has 0 saturated carbocycles. The molecule has 0 aliphatic carbocycles. The zero-order valence-electron chi connectivity index (χ0n) is 10.0. The molecule has 0 spiro atoms. The molecule has 1 aliphatic rings. The molecule has 2 heteroatoms. The van der Waals surface area contributed by atoms with E-state index in [1.165, 1.54) is 30.4 Å². The lowest BCUT2D eigenvalue weighted by atomic mass is 10.1. The summed E-state index contributed by atoms with van der Waals surface area (Å²) in [5.74, 6) is 0. The van der Waals surface area contributed by atoms with E-state index >= 15 is 0 Å². The van der Waals surface area contributed by atoms with Crippen LogP contribution in [0.3, 0.4) is 0 Å². The first kappa shape index (κ1) is 11.6. The van der Waals surface area contributed by atoms with Gasteiger partial charge in [-0.05, 0) is 31.7 Å². The molecule has 2 rings (SSSR count). The lowest BCUT2D eigenvalue weighted by Gasteiger charge is -2.22. The van der Waals surface area contributed by atoms with Crippen LogP contribution in [0.4, 0.5) is 0 Å². The molecule has 1 aromatic rings. The maximum Gasteiger partial charge on any atom is 0.0699 e. The Morgan fingerprint density at radius 2 is 2.06 bits per heavy atom. The molecular weight excluding hydrogens is 198 g/mol. The number of rotatable bonds is 4. The van der Waals surface area contributed by atoms with Gasteiger partial charge in [0.2, 0.25) is 0 Å². The molecule has 0 aromatic heterocycles. The van der Waals surface area contributed by atoms with Crippen LogP contribution in [-0.2, 0) is 11.3 Å². The third kappa shape index (κ3) is 3.62. The van der Waals surface area contributed by atoms with E-state index in [9.17, 15) is 0 Å². The van der Waals surface area contributed by atoms with Crippen LogP contribution in [0.5, 0.6) is 0 Å². The molecule has 1 N–H and O–H groups in total. The maximum atomic E-state index is 5.67. The Kier molecular flexibility index (Phi) is 4.37. The van der Waals surface area contributed by atoms with Crippen LogP contribution < -0.4 is 5.32 Å². The summed E-state index contributed by atoms with van der Waals surface area (Å²) in [7, 11) is 0. The second-order valence-electron chi connectivity index (χ2n) is 4.61. The second-order valence-corrected chi connectivity index (χ2v) is 4.61. The third-order valence-electron chi connectivity index (χ3n) is 3.10. The molecule has 1 saturated heterocycles. The van der Waals surface area contributed by atoms with Crippen LogP contribution in [0, 0.1) is 6.92 Å². The van der Waals surface area contributed by atoms with E-state index in [1.807, 2.05) is 0 Å². The number of benzene rings is 1. The molecule has 1 aliphatic heterocycles. The SMILES string of the molecule is Cc1ccc(CNCC2CCCCO2)cc1. The first-order valence-corrected chi connectivity index (χ1v) is 6.22. The van der Waals surface area contributed by atoms with Gasteiger partial charge >= 0.3 is 0 Å². The van der Waals surface area contributed by atoms with Crippen molar-refractivity contribution in [3.8, 4) is 0 Å². The van der Waals surface area contributed by atoms with Gasteiger partial charge in [-0.3, -0.25) is 0 Å².